The highest BCUT2D eigenvalue weighted by Gasteiger charge is 2.23. The van der Waals surface area contributed by atoms with Gasteiger partial charge in [-0.25, -0.2) is 9.97 Å². The third-order valence-corrected chi connectivity index (χ3v) is 6.41. The molecule has 2 heterocycles. The van der Waals surface area contributed by atoms with Crippen molar-refractivity contribution in [2.45, 2.75) is 29.2 Å². The van der Waals surface area contributed by atoms with Gasteiger partial charge >= 0.3 is 0 Å². The number of halogens is 1. The summed E-state index contributed by atoms with van der Waals surface area (Å²) in [6, 6.07) is 18.4. The fraction of sp³-hybridized carbons (Fsp3) is 0.273. The van der Waals surface area contributed by atoms with Crippen LogP contribution in [0, 0.1) is 5.92 Å². The van der Waals surface area contributed by atoms with Crippen LogP contribution in [0.1, 0.15) is 18.4 Å². The van der Waals surface area contributed by atoms with Crippen LogP contribution in [0.3, 0.4) is 0 Å². The van der Waals surface area contributed by atoms with Gasteiger partial charge in [-0.2, -0.15) is 0 Å². The molecule has 1 aliphatic rings. The van der Waals surface area contributed by atoms with Gasteiger partial charge in [-0.1, -0.05) is 53.7 Å². The molecule has 144 valence electrons. The van der Waals surface area contributed by atoms with Crippen molar-refractivity contribution >= 4 is 34.9 Å². The average molecular weight is 411 g/mol. The smallest absolute Gasteiger partial charge is 0.156 e. The number of aromatic nitrogens is 2. The van der Waals surface area contributed by atoms with Crippen molar-refractivity contribution < 1.29 is 0 Å². The molecule has 28 heavy (non-hydrogen) atoms. The topological polar surface area (TPSA) is 55.0 Å². The molecule has 1 aliphatic heterocycles. The monoisotopic (exact) mass is 410 g/mol. The molecule has 0 aliphatic carbocycles. The summed E-state index contributed by atoms with van der Waals surface area (Å²) in [5.74, 6) is 1.56. The van der Waals surface area contributed by atoms with E-state index in [9.17, 15) is 0 Å². The van der Waals surface area contributed by atoms with Crippen LogP contribution in [-0.4, -0.2) is 23.1 Å². The number of piperidine rings is 1. The molecule has 1 fully saturated rings. The van der Waals surface area contributed by atoms with Crippen LogP contribution < -0.4 is 10.6 Å². The lowest BCUT2D eigenvalue weighted by Gasteiger charge is -2.33. The summed E-state index contributed by atoms with van der Waals surface area (Å²) in [5.41, 5.74) is 8.51. The van der Waals surface area contributed by atoms with Gasteiger partial charge in [0.1, 0.15) is 17.0 Å². The second-order valence-corrected chi connectivity index (χ2v) is 8.59. The van der Waals surface area contributed by atoms with Crippen LogP contribution in [0.5, 0.6) is 0 Å². The van der Waals surface area contributed by atoms with Crippen LogP contribution in [0.25, 0.3) is 0 Å². The molecule has 0 unspecified atom stereocenters. The molecule has 0 atom stereocenters. The second-order valence-electron chi connectivity index (χ2n) is 7.09. The second kappa shape index (κ2) is 8.84. The largest absolute Gasteiger partial charge is 0.394 e. The SMILES string of the molecule is Nc1c(Sc2ccc(Cl)cc2)ncnc1N1CCC(Cc2ccccc2)CC1. The van der Waals surface area contributed by atoms with Gasteiger partial charge in [-0.3, -0.25) is 0 Å². The Labute approximate surface area is 175 Å². The molecule has 0 amide bonds. The molecule has 3 aromatic rings. The number of hydrogen-bond donors (Lipinski definition) is 1. The number of nitrogens with two attached hydrogens (primary N) is 1. The van der Waals surface area contributed by atoms with Gasteiger partial charge < -0.3 is 10.6 Å². The zero-order chi connectivity index (χ0) is 19.3. The van der Waals surface area contributed by atoms with Crippen molar-refractivity contribution in [2.24, 2.45) is 5.92 Å². The molecule has 1 saturated heterocycles. The molecule has 6 heteroatoms. The first-order chi connectivity index (χ1) is 13.7. The first-order valence-electron chi connectivity index (χ1n) is 9.52. The highest BCUT2D eigenvalue weighted by atomic mass is 35.5. The fourth-order valence-corrected chi connectivity index (χ4v) is 4.54. The van der Waals surface area contributed by atoms with E-state index in [1.807, 2.05) is 24.3 Å². The van der Waals surface area contributed by atoms with Gasteiger partial charge in [0.25, 0.3) is 0 Å². The molecule has 0 bridgehead atoms. The third kappa shape index (κ3) is 4.59. The van der Waals surface area contributed by atoms with Crippen molar-refractivity contribution in [3.63, 3.8) is 0 Å². The van der Waals surface area contributed by atoms with Gasteiger partial charge in [-0.05, 0) is 55.0 Å². The van der Waals surface area contributed by atoms with Crippen LogP contribution >= 0.6 is 23.4 Å². The lowest BCUT2D eigenvalue weighted by Crippen LogP contribution is -2.35. The summed E-state index contributed by atoms with van der Waals surface area (Å²) in [7, 11) is 0. The van der Waals surface area contributed by atoms with E-state index >= 15 is 0 Å². The maximum atomic E-state index is 6.44. The zero-order valence-electron chi connectivity index (χ0n) is 15.6. The maximum absolute atomic E-state index is 6.44. The Morgan fingerprint density at radius 1 is 1.00 bits per heavy atom. The van der Waals surface area contributed by atoms with Crippen molar-refractivity contribution in [3.8, 4) is 0 Å². The van der Waals surface area contributed by atoms with Crippen molar-refractivity contribution in [3.05, 3.63) is 71.5 Å². The number of rotatable bonds is 5. The minimum absolute atomic E-state index is 0.656. The van der Waals surface area contributed by atoms with Crippen LogP contribution in [0.2, 0.25) is 5.02 Å². The molecule has 4 rings (SSSR count). The molecular formula is C22H23ClN4S. The zero-order valence-corrected chi connectivity index (χ0v) is 17.2. The Morgan fingerprint density at radius 3 is 2.43 bits per heavy atom. The molecule has 0 saturated carbocycles. The molecule has 4 nitrogen and oxygen atoms in total. The van der Waals surface area contributed by atoms with Crippen molar-refractivity contribution in [1.82, 2.24) is 9.97 Å². The van der Waals surface area contributed by atoms with E-state index in [-0.39, 0.29) is 0 Å². The number of anilines is 2. The lowest BCUT2D eigenvalue weighted by atomic mass is 9.90. The first-order valence-corrected chi connectivity index (χ1v) is 10.7. The van der Waals surface area contributed by atoms with E-state index < -0.39 is 0 Å². The first kappa shape index (κ1) is 19.1. The number of nitrogen functional groups attached to an aromatic ring is 1. The van der Waals surface area contributed by atoms with E-state index in [1.165, 1.54) is 5.56 Å². The van der Waals surface area contributed by atoms with Gasteiger partial charge in [0.2, 0.25) is 0 Å². The molecule has 0 spiro atoms. The summed E-state index contributed by atoms with van der Waals surface area (Å²) < 4.78 is 0. The Hall–Kier alpha value is -2.24. The maximum Gasteiger partial charge on any atom is 0.156 e. The summed E-state index contributed by atoms with van der Waals surface area (Å²) in [5, 5.41) is 1.51. The molecule has 2 aromatic carbocycles. The average Bonchev–Trinajstić information content (AvgIpc) is 2.73. The van der Waals surface area contributed by atoms with Crippen molar-refractivity contribution in [1.29, 1.82) is 0 Å². The summed E-state index contributed by atoms with van der Waals surface area (Å²) in [4.78, 5) is 12.2. The Balaban J connectivity index is 1.41. The van der Waals surface area contributed by atoms with Gasteiger partial charge in [0, 0.05) is 23.0 Å². The van der Waals surface area contributed by atoms with E-state index in [4.69, 9.17) is 17.3 Å². The number of hydrogen-bond acceptors (Lipinski definition) is 5. The molecule has 1 aromatic heterocycles. The normalized spacial score (nSPS) is 15.0. The summed E-state index contributed by atoms with van der Waals surface area (Å²) >= 11 is 7.51. The van der Waals surface area contributed by atoms with Crippen LogP contribution in [-0.2, 0) is 6.42 Å². The molecule has 0 radical (unpaired) electrons. The van der Waals surface area contributed by atoms with Crippen LogP contribution in [0.15, 0.2) is 70.8 Å². The van der Waals surface area contributed by atoms with Gasteiger partial charge in [0.15, 0.2) is 5.82 Å². The minimum atomic E-state index is 0.656. The highest BCUT2D eigenvalue weighted by Crippen LogP contribution is 2.36. The van der Waals surface area contributed by atoms with Crippen molar-refractivity contribution in [2.75, 3.05) is 23.7 Å². The molecular weight excluding hydrogens is 388 g/mol. The Bertz CT molecular complexity index is 910. The predicted molar refractivity (Wildman–Crippen MR) is 117 cm³/mol. The van der Waals surface area contributed by atoms with E-state index in [1.54, 1.807) is 18.1 Å². The van der Waals surface area contributed by atoms with Gasteiger partial charge in [-0.15, -0.1) is 0 Å². The Kier molecular flexibility index (Phi) is 6.03. The highest BCUT2D eigenvalue weighted by molar-refractivity contribution is 7.99. The molecule has 2 N–H and O–H groups in total. The standard InChI is InChI=1S/C22H23ClN4S/c23-18-6-8-19(9-7-18)28-22-20(24)21(25-15-26-22)27-12-10-17(11-13-27)14-16-4-2-1-3-5-16/h1-9,15,17H,10-14,24H2. The minimum Gasteiger partial charge on any atom is -0.394 e. The lowest BCUT2D eigenvalue weighted by molar-refractivity contribution is 0.402. The summed E-state index contributed by atoms with van der Waals surface area (Å²) in [6.07, 6.45) is 5.06. The summed E-state index contributed by atoms with van der Waals surface area (Å²) in [6.45, 7) is 1.95. The number of benzene rings is 2. The number of nitrogens with zero attached hydrogens (tertiary/aromatic N) is 3. The van der Waals surface area contributed by atoms with E-state index in [0.29, 0.717) is 11.6 Å². The van der Waals surface area contributed by atoms with E-state index in [2.05, 4.69) is 45.2 Å². The quantitative estimate of drug-likeness (QED) is 0.576. The Morgan fingerprint density at radius 2 is 1.71 bits per heavy atom. The van der Waals surface area contributed by atoms with Crippen LogP contribution in [0.4, 0.5) is 11.5 Å². The fourth-order valence-electron chi connectivity index (χ4n) is 3.61. The van der Waals surface area contributed by atoms with E-state index in [0.717, 1.165) is 53.1 Å². The predicted octanol–water partition coefficient (Wildman–Crippen LogP) is 5.32. The third-order valence-electron chi connectivity index (χ3n) is 5.14. The van der Waals surface area contributed by atoms with Gasteiger partial charge in [0.05, 0.1) is 0 Å².